The fourth-order valence-electron chi connectivity index (χ4n) is 4.03. The smallest absolute Gasteiger partial charge is 0.238 e. The van der Waals surface area contributed by atoms with Gasteiger partial charge in [-0.05, 0) is 42.3 Å². The lowest BCUT2D eigenvalue weighted by Crippen LogP contribution is -2.37. The van der Waals surface area contributed by atoms with Crippen molar-refractivity contribution in [3.8, 4) is 17.0 Å². The maximum absolute atomic E-state index is 12.1. The van der Waals surface area contributed by atoms with Crippen LogP contribution in [0.2, 0.25) is 0 Å². The van der Waals surface area contributed by atoms with E-state index in [2.05, 4.69) is 15.3 Å². The van der Waals surface area contributed by atoms with Crippen LogP contribution in [0.4, 0.5) is 22.9 Å². The van der Waals surface area contributed by atoms with Gasteiger partial charge in [0, 0.05) is 30.4 Å². The molecule has 33 heavy (non-hydrogen) atoms. The van der Waals surface area contributed by atoms with Crippen LogP contribution in [-0.2, 0) is 14.8 Å². The van der Waals surface area contributed by atoms with Crippen molar-refractivity contribution in [2.75, 3.05) is 40.5 Å². The fraction of sp³-hybridized carbons (Fsp3) is 0.261. The molecule has 0 saturated carbocycles. The molecule has 2 aliphatic heterocycles. The molecule has 1 aromatic carbocycles. The third-order valence-electron chi connectivity index (χ3n) is 5.66. The zero-order chi connectivity index (χ0) is 23.0. The zero-order valence-electron chi connectivity index (χ0n) is 18.1. The lowest BCUT2D eigenvalue weighted by Gasteiger charge is -2.28. The number of hydrogen-bond acceptors (Lipinski definition) is 7. The van der Waals surface area contributed by atoms with E-state index in [1.807, 2.05) is 41.3 Å². The first-order valence-corrected chi connectivity index (χ1v) is 12.5. The molecule has 1 saturated heterocycles. The van der Waals surface area contributed by atoms with Crippen LogP contribution >= 0.6 is 0 Å². The van der Waals surface area contributed by atoms with Crippen molar-refractivity contribution in [2.24, 2.45) is 0 Å². The van der Waals surface area contributed by atoms with Gasteiger partial charge in [0.05, 0.1) is 24.7 Å². The van der Waals surface area contributed by atoms with Crippen molar-refractivity contribution in [1.29, 1.82) is 0 Å². The first-order valence-electron chi connectivity index (χ1n) is 10.6. The van der Waals surface area contributed by atoms with E-state index < -0.39 is 10.0 Å². The molecule has 1 fully saturated rings. The van der Waals surface area contributed by atoms with Gasteiger partial charge in [0.15, 0.2) is 0 Å². The Morgan fingerprint density at radius 1 is 1.00 bits per heavy atom. The third-order valence-corrected chi connectivity index (χ3v) is 6.84. The first kappa shape index (κ1) is 21.2. The number of benzene rings is 1. The highest BCUT2D eigenvalue weighted by Crippen LogP contribution is 2.34. The van der Waals surface area contributed by atoms with Gasteiger partial charge >= 0.3 is 0 Å². The van der Waals surface area contributed by atoms with Gasteiger partial charge in [-0.25, -0.2) is 18.4 Å². The van der Waals surface area contributed by atoms with E-state index in [-0.39, 0.29) is 19.1 Å². The van der Waals surface area contributed by atoms with E-state index in [0.29, 0.717) is 29.5 Å². The number of sulfonamides is 1. The van der Waals surface area contributed by atoms with E-state index in [9.17, 15) is 13.2 Å². The molecule has 0 unspecified atom stereocenters. The average molecular weight is 466 g/mol. The number of fused-ring (bicyclic) bond motifs is 1. The highest BCUT2D eigenvalue weighted by atomic mass is 32.2. The van der Waals surface area contributed by atoms with Crippen LogP contribution in [0.3, 0.4) is 0 Å². The van der Waals surface area contributed by atoms with Crippen molar-refractivity contribution in [1.82, 2.24) is 9.97 Å². The highest BCUT2D eigenvalue weighted by molar-refractivity contribution is 7.92. The molecular formula is C23H23N5O4S. The average Bonchev–Trinajstić information content (AvgIpc) is 3.24. The predicted octanol–water partition coefficient (Wildman–Crippen LogP) is 3.17. The monoisotopic (exact) mass is 465 g/mol. The molecular weight excluding hydrogens is 442 g/mol. The summed E-state index contributed by atoms with van der Waals surface area (Å²) < 4.78 is 31.0. The van der Waals surface area contributed by atoms with Gasteiger partial charge in [0.2, 0.25) is 21.8 Å². The second-order valence-corrected chi connectivity index (χ2v) is 9.89. The molecule has 0 radical (unpaired) electrons. The van der Waals surface area contributed by atoms with Crippen LogP contribution in [-0.4, -0.2) is 50.2 Å². The van der Waals surface area contributed by atoms with E-state index in [1.54, 1.807) is 18.5 Å². The Hall–Kier alpha value is -3.66. The number of anilines is 4. The zero-order valence-corrected chi connectivity index (χ0v) is 18.9. The van der Waals surface area contributed by atoms with Crippen LogP contribution in [0, 0.1) is 0 Å². The van der Waals surface area contributed by atoms with E-state index in [1.165, 1.54) is 4.31 Å². The number of amides is 1. The second kappa shape index (κ2) is 8.36. The van der Waals surface area contributed by atoms with E-state index in [0.717, 1.165) is 36.0 Å². The number of carbonyl (C=O) groups excluding carboxylic acids is 1. The molecule has 3 aromatic rings. The Morgan fingerprint density at radius 3 is 2.45 bits per heavy atom. The number of nitrogens with one attached hydrogen (secondary N) is 1. The number of hydrogen-bond donors (Lipinski definition) is 1. The van der Waals surface area contributed by atoms with Crippen molar-refractivity contribution in [3.05, 3.63) is 54.9 Å². The number of aromatic nitrogens is 2. The summed E-state index contributed by atoms with van der Waals surface area (Å²) in [4.78, 5) is 22.5. The topological polar surface area (TPSA) is 105 Å². The summed E-state index contributed by atoms with van der Waals surface area (Å²) >= 11 is 0. The van der Waals surface area contributed by atoms with Crippen molar-refractivity contribution < 1.29 is 17.9 Å². The molecule has 0 spiro atoms. The SMILES string of the molecule is CS(=O)(=O)N1CCOc2ncc(Nc3ccc(-c4ccc(N5CCCC5=O)cc4)cn3)cc21. The van der Waals surface area contributed by atoms with Crippen LogP contribution in [0.1, 0.15) is 12.8 Å². The summed E-state index contributed by atoms with van der Waals surface area (Å²) in [7, 11) is -3.43. The normalized spacial score (nSPS) is 15.8. The van der Waals surface area contributed by atoms with Gasteiger partial charge in [0.1, 0.15) is 18.1 Å². The molecule has 170 valence electrons. The lowest BCUT2D eigenvalue weighted by molar-refractivity contribution is -0.117. The van der Waals surface area contributed by atoms with Gasteiger partial charge in [0.25, 0.3) is 0 Å². The fourth-order valence-corrected chi connectivity index (χ4v) is 4.92. The maximum Gasteiger partial charge on any atom is 0.238 e. The summed E-state index contributed by atoms with van der Waals surface area (Å²) in [5.74, 6) is 1.06. The van der Waals surface area contributed by atoms with Crippen molar-refractivity contribution in [3.63, 3.8) is 0 Å². The van der Waals surface area contributed by atoms with Crippen LogP contribution in [0.5, 0.6) is 5.88 Å². The lowest BCUT2D eigenvalue weighted by atomic mass is 10.1. The molecule has 0 atom stereocenters. The van der Waals surface area contributed by atoms with Crippen LogP contribution < -0.4 is 19.3 Å². The molecule has 2 aromatic heterocycles. The molecule has 4 heterocycles. The summed E-state index contributed by atoms with van der Waals surface area (Å²) in [5, 5.41) is 3.16. The second-order valence-electron chi connectivity index (χ2n) is 7.98. The number of pyridine rings is 2. The molecule has 1 amide bonds. The summed E-state index contributed by atoms with van der Waals surface area (Å²) in [6.45, 7) is 1.28. The molecule has 0 aliphatic carbocycles. The molecule has 5 rings (SSSR count). The van der Waals surface area contributed by atoms with Gasteiger partial charge in [-0.1, -0.05) is 12.1 Å². The number of nitrogens with zero attached hydrogens (tertiary/aromatic N) is 4. The Kier molecular flexibility index (Phi) is 5.37. The van der Waals surface area contributed by atoms with E-state index in [4.69, 9.17) is 4.74 Å². The number of carbonyl (C=O) groups is 1. The highest BCUT2D eigenvalue weighted by Gasteiger charge is 2.26. The Bertz CT molecular complexity index is 1290. The summed E-state index contributed by atoms with van der Waals surface area (Å²) in [6, 6.07) is 13.4. The van der Waals surface area contributed by atoms with Crippen LogP contribution in [0.25, 0.3) is 11.1 Å². The standard InChI is InChI=1S/C23H23N5O4S/c1-33(30,31)28-11-12-32-23-20(28)13-18(15-25-23)26-21-9-6-17(14-24-21)16-4-7-19(8-5-16)27-10-2-3-22(27)29/h4-9,13-15H,2-3,10-12H2,1H3,(H,24,26). The molecule has 0 bridgehead atoms. The van der Waals surface area contributed by atoms with Crippen molar-refractivity contribution >= 4 is 38.8 Å². The maximum atomic E-state index is 12.1. The number of ether oxygens (including phenoxy) is 1. The number of rotatable bonds is 5. The van der Waals surface area contributed by atoms with Crippen LogP contribution in [0.15, 0.2) is 54.9 Å². The molecule has 1 N–H and O–H groups in total. The largest absolute Gasteiger partial charge is 0.474 e. The third kappa shape index (κ3) is 4.34. The molecule has 9 nitrogen and oxygen atoms in total. The Labute approximate surface area is 192 Å². The summed E-state index contributed by atoms with van der Waals surface area (Å²) in [6.07, 6.45) is 6.02. The van der Waals surface area contributed by atoms with Crippen molar-refractivity contribution in [2.45, 2.75) is 12.8 Å². The summed E-state index contributed by atoms with van der Waals surface area (Å²) in [5.41, 5.74) is 3.87. The van der Waals surface area contributed by atoms with Gasteiger partial charge < -0.3 is 15.0 Å². The quantitative estimate of drug-likeness (QED) is 0.617. The molecule has 2 aliphatic rings. The van der Waals surface area contributed by atoms with Gasteiger partial charge in [-0.3, -0.25) is 9.10 Å². The minimum absolute atomic E-state index is 0.169. The Morgan fingerprint density at radius 2 is 1.79 bits per heavy atom. The first-order chi connectivity index (χ1) is 15.9. The van der Waals surface area contributed by atoms with Gasteiger partial charge in [-0.15, -0.1) is 0 Å². The Balaban J connectivity index is 1.32. The predicted molar refractivity (Wildman–Crippen MR) is 126 cm³/mol. The van der Waals surface area contributed by atoms with E-state index >= 15 is 0 Å². The van der Waals surface area contributed by atoms with Gasteiger partial charge in [-0.2, -0.15) is 0 Å². The molecule has 10 heteroatoms. The minimum Gasteiger partial charge on any atom is -0.474 e. The minimum atomic E-state index is -3.43.